The first-order valence-corrected chi connectivity index (χ1v) is 6.67. The molecule has 13 heteroatoms. The smallest absolute Gasteiger partial charge is 0.336 e. The fourth-order valence-corrected chi connectivity index (χ4v) is 0.714. The van der Waals surface area contributed by atoms with Crippen molar-refractivity contribution in [1.29, 1.82) is 0 Å². The van der Waals surface area contributed by atoms with Crippen LogP contribution in [-0.2, 0) is 24.0 Å². The standard InChI is InChI=1S/C6H8O7.C3H6O3.C2H4O2.C2H6O/c7-3(8)1-6(13,5(11)12)2-4(9)10;1-2(4)3(5)6;1-2(3)4;1-2-3/h13H,1-2H2,(H,7,8)(H,9,10)(H,11,12);2,4H,1H3,(H,5,6);1H3,(H,3,4);3H,2H2,1H3. The van der Waals surface area contributed by atoms with Crippen molar-refractivity contribution >= 4 is 29.8 Å². The van der Waals surface area contributed by atoms with Crippen molar-refractivity contribution in [2.24, 2.45) is 0 Å². The highest BCUT2D eigenvalue weighted by atomic mass is 16.4. The largest absolute Gasteiger partial charge is 0.481 e. The van der Waals surface area contributed by atoms with Gasteiger partial charge in [-0.2, -0.15) is 0 Å². The molecule has 0 amide bonds. The summed E-state index contributed by atoms with van der Waals surface area (Å²) in [6.07, 6.45) is -3.52. The van der Waals surface area contributed by atoms with Crippen molar-refractivity contribution < 1.29 is 64.8 Å². The number of carbonyl (C=O) groups is 5. The van der Waals surface area contributed by atoms with Gasteiger partial charge in [0.05, 0.1) is 12.8 Å². The van der Waals surface area contributed by atoms with E-state index in [0.717, 1.165) is 6.92 Å². The summed E-state index contributed by atoms with van der Waals surface area (Å²) in [6.45, 7) is 4.21. The Morgan fingerprint density at radius 3 is 1.15 bits per heavy atom. The fraction of sp³-hybridized carbons (Fsp3) is 0.615. The maximum absolute atomic E-state index is 10.3. The molecule has 0 aromatic rings. The number of aliphatic carboxylic acids is 5. The van der Waals surface area contributed by atoms with Gasteiger partial charge in [-0.05, 0) is 13.8 Å². The summed E-state index contributed by atoms with van der Waals surface area (Å²) in [6, 6.07) is 0. The van der Waals surface area contributed by atoms with E-state index in [1.54, 1.807) is 6.92 Å². The van der Waals surface area contributed by atoms with Gasteiger partial charge >= 0.3 is 23.9 Å². The lowest BCUT2D eigenvalue weighted by Crippen LogP contribution is -2.42. The topological polar surface area (TPSA) is 247 Å². The molecule has 0 spiro atoms. The zero-order valence-corrected chi connectivity index (χ0v) is 14.3. The normalized spacial score (nSPS) is 10.2. The molecule has 0 aromatic heterocycles. The predicted molar refractivity (Wildman–Crippen MR) is 82.5 cm³/mol. The number of aliphatic hydroxyl groups is 3. The Morgan fingerprint density at radius 1 is 0.885 bits per heavy atom. The molecule has 154 valence electrons. The summed E-state index contributed by atoms with van der Waals surface area (Å²) >= 11 is 0. The van der Waals surface area contributed by atoms with Crippen LogP contribution < -0.4 is 0 Å². The molecule has 0 rings (SSSR count). The van der Waals surface area contributed by atoms with E-state index in [-0.39, 0.29) is 6.61 Å². The summed E-state index contributed by atoms with van der Waals surface area (Å²) in [5.74, 6) is -7.04. The number of hydrogen-bond donors (Lipinski definition) is 8. The predicted octanol–water partition coefficient (Wildman–Crippen LogP) is -1.71. The van der Waals surface area contributed by atoms with Crippen LogP contribution in [-0.4, -0.2) is 89.0 Å². The van der Waals surface area contributed by atoms with Crippen LogP contribution in [0.15, 0.2) is 0 Å². The monoisotopic (exact) mass is 388 g/mol. The third-order valence-corrected chi connectivity index (χ3v) is 1.64. The molecule has 13 nitrogen and oxygen atoms in total. The van der Waals surface area contributed by atoms with E-state index in [2.05, 4.69) is 0 Å². The Hall–Kier alpha value is -2.77. The van der Waals surface area contributed by atoms with Gasteiger partial charge in [0, 0.05) is 13.5 Å². The molecule has 26 heavy (non-hydrogen) atoms. The van der Waals surface area contributed by atoms with Gasteiger partial charge in [0.1, 0.15) is 6.10 Å². The molecule has 0 aliphatic carbocycles. The van der Waals surface area contributed by atoms with Crippen molar-refractivity contribution in [2.45, 2.75) is 45.3 Å². The van der Waals surface area contributed by atoms with Crippen LogP contribution >= 0.6 is 0 Å². The zero-order valence-electron chi connectivity index (χ0n) is 14.3. The van der Waals surface area contributed by atoms with Gasteiger partial charge in [-0.25, -0.2) is 9.59 Å². The molecule has 1 unspecified atom stereocenters. The van der Waals surface area contributed by atoms with E-state index in [1.165, 1.54) is 6.92 Å². The molecule has 0 radical (unpaired) electrons. The Bertz CT molecular complexity index is 435. The summed E-state index contributed by atoms with van der Waals surface area (Å²) in [5, 5.41) is 64.6. The van der Waals surface area contributed by atoms with Crippen LogP contribution in [0.4, 0.5) is 0 Å². The van der Waals surface area contributed by atoms with Crippen molar-refractivity contribution in [3.8, 4) is 0 Å². The van der Waals surface area contributed by atoms with E-state index in [4.69, 9.17) is 45.6 Å². The molecule has 1 atom stereocenters. The molecule has 0 bridgehead atoms. The quantitative estimate of drug-likeness (QED) is 0.253. The highest BCUT2D eigenvalue weighted by Gasteiger charge is 2.40. The molecular weight excluding hydrogens is 364 g/mol. The van der Waals surface area contributed by atoms with Gasteiger partial charge in [0.2, 0.25) is 0 Å². The van der Waals surface area contributed by atoms with Crippen LogP contribution in [0.1, 0.15) is 33.6 Å². The second-order valence-electron chi connectivity index (χ2n) is 4.33. The highest BCUT2D eigenvalue weighted by Crippen LogP contribution is 2.15. The highest BCUT2D eigenvalue weighted by molar-refractivity contribution is 5.88. The lowest BCUT2D eigenvalue weighted by molar-refractivity contribution is -0.170. The van der Waals surface area contributed by atoms with Crippen LogP contribution in [0, 0.1) is 0 Å². The minimum Gasteiger partial charge on any atom is -0.481 e. The van der Waals surface area contributed by atoms with Gasteiger partial charge < -0.3 is 40.9 Å². The first kappa shape index (κ1) is 31.0. The van der Waals surface area contributed by atoms with Crippen molar-refractivity contribution in [3.05, 3.63) is 0 Å². The zero-order chi connectivity index (χ0) is 22.1. The lowest BCUT2D eigenvalue weighted by Gasteiger charge is -2.18. The average molecular weight is 388 g/mol. The first-order chi connectivity index (χ1) is 11.6. The summed E-state index contributed by atoms with van der Waals surface area (Å²) in [7, 11) is 0. The third kappa shape index (κ3) is 29.3. The molecular formula is C13H24O13. The van der Waals surface area contributed by atoms with Crippen LogP contribution in [0.3, 0.4) is 0 Å². The van der Waals surface area contributed by atoms with E-state index >= 15 is 0 Å². The second kappa shape index (κ2) is 17.1. The third-order valence-electron chi connectivity index (χ3n) is 1.64. The summed E-state index contributed by atoms with van der Waals surface area (Å²) < 4.78 is 0. The first-order valence-electron chi connectivity index (χ1n) is 6.67. The molecule has 0 aliphatic rings. The number of carboxylic acids is 5. The minimum atomic E-state index is -2.74. The number of aliphatic hydroxyl groups excluding tert-OH is 2. The summed E-state index contributed by atoms with van der Waals surface area (Å²) in [4.78, 5) is 48.9. The Kier molecular flexibility index (Phi) is 20.4. The maximum atomic E-state index is 10.3. The molecule has 0 heterocycles. The van der Waals surface area contributed by atoms with Crippen LogP contribution in [0.2, 0.25) is 0 Å². The van der Waals surface area contributed by atoms with Crippen molar-refractivity contribution in [1.82, 2.24) is 0 Å². The molecule has 0 saturated carbocycles. The fourth-order valence-electron chi connectivity index (χ4n) is 0.714. The Labute approximate surface area is 147 Å². The Balaban J connectivity index is -0.000000154. The van der Waals surface area contributed by atoms with E-state index in [1.807, 2.05) is 0 Å². The average Bonchev–Trinajstić information content (AvgIpc) is 2.37. The van der Waals surface area contributed by atoms with Gasteiger partial charge in [-0.15, -0.1) is 0 Å². The minimum absolute atomic E-state index is 0.250. The van der Waals surface area contributed by atoms with E-state index < -0.39 is 54.4 Å². The maximum Gasteiger partial charge on any atom is 0.336 e. The van der Waals surface area contributed by atoms with Crippen LogP contribution in [0.5, 0.6) is 0 Å². The molecule has 0 fully saturated rings. The van der Waals surface area contributed by atoms with Gasteiger partial charge in [-0.1, -0.05) is 0 Å². The number of carboxylic acid groups (broad SMARTS) is 5. The van der Waals surface area contributed by atoms with Gasteiger partial charge in [-0.3, -0.25) is 14.4 Å². The van der Waals surface area contributed by atoms with Gasteiger partial charge in [0.15, 0.2) is 5.60 Å². The second-order valence-corrected chi connectivity index (χ2v) is 4.33. The lowest BCUT2D eigenvalue weighted by atomic mass is 9.96. The molecule has 0 aromatic carbocycles. The van der Waals surface area contributed by atoms with Crippen LogP contribution in [0.25, 0.3) is 0 Å². The van der Waals surface area contributed by atoms with Gasteiger partial charge in [0.25, 0.3) is 5.97 Å². The van der Waals surface area contributed by atoms with Crippen molar-refractivity contribution in [2.75, 3.05) is 6.61 Å². The molecule has 8 N–H and O–H groups in total. The van der Waals surface area contributed by atoms with Crippen molar-refractivity contribution in [3.63, 3.8) is 0 Å². The Morgan fingerprint density at radius 2 is 1.08 bits per heavy atom. The molecule has 0 saturated heterocycles. The number of hydrogen-bond acceptors (Lipinski definition) is 8. The summed E-state index contributed by atoms with van der Waals surface area (Å²) in [5.41, 5.74) is -2.74. The van der Waals surface area contributed by atoms with E-state index in [9.17, 15) is 19.2 Å². The number of rotatable bonds is 6. The SMILES string of the molecule is CC(=O)O.CC(O)C(=O)O.CCO.O=C(O)CC(O)(CC(=O)O)C(=O)O. The van der Waals surface area contributed by atoms with E-state index in [0.29, 0.717) is 0 Å². The molecule has 0 aliphatic heterocycles.